The largest absolute Gasteiger partial charge is 0.368 e. The van der Waals surface area contributed by atoms with Crippen LogP contribution in [0.1, 0.15) is 57.8 Å². The Morgan fingerprint density at radius 1 is 1.00 bits per heavy atom. The molecule has 0 aromatic carbocycles. The zero-order valence-electron chi connectivity index (χ0n) is 9.49. The van der Waals surface area contributed by atoms with E-state index in [9.17, 15) is 4.79 Å². The van der Waals surface area contributed by atoms with Crippen LogP contribution in [0, 0.1) is 5.92 Å². The highest BCUT2D eigenvalue weighted by Crippen LogP contribution is 2.31. The second-order valence-electron chi connectivity index (χ2n) is 5.10. The van der Waals surface area contributed by atoms with Gasteiger partial charge in [0.05, 0.1) is 6.10 Å². The van der Waals surface area contributed by atoms with Gasteiger partial charge >= 0.3 is 0 Å². The maximum absolute atomic E-state index is 10.6. The highest BCUT2D eigenvalue weighted by Gasteiger charge is 2.27. The molecule has 0 amide bonds. The molecule has 2 fully saturated rings. The van der Waals surface area contributed by atoms with E-state index in [1.165, 1.54) is 44.9 Å². The van der Waals surface area contributed by atoms with Gasteiger partial charge in [-0.1, -0.05) is 38.5 Å². The molecule has 2 nitrogen and oxygen atoms in total. The minimum Gasteiger partial charge on any atom is -0.368 e. The van der Waals surface area contributed by atoms with Crippen LogP contribution in [0.4, 0.5) is 0 Å². The Bertz CT molecular complexity index is 195. The lowest BCUT2D eigenvalue weighted by Crippen LogP contribution is -2.15. The van der Waals surface area contributed by atoms with Crippen LogP contribution in [-0.2, 0) is 9.53 Å². The summed E-state index contributed by atoms with van der Waals surface area (Å²) in [6.45, 7) is 0. The van der Waals surface area contributed by atoms with Crippen molar-refractivity contribution in [3.63, 3.8) is 0 Å². The van der Waals surface area contributed by atoms with Crippen molar-refractivity contribution >= 4 is 6.29 Å². The van der Waals surface area contributed by atoms with Crippen molar-refractivity contribution < 1.29 is 9.53 Å². The minimum absolute atomic E-state index is 0.0965. The molecule has 0 N–H and O–H groups in total. The average Bonchev–Trinajstić information content (AvgIpc) is 2.54. The summed E-state index contributed by atoms with van der Waals surface area (Å²) in [7, 11) is 0. The van der Waals surface area contributed by atoms with Gasteiger partial charge in [-0.25, -0.2) is 0 Å². The molecule has 2 rings (SSSR count). The van der Waals surface area contributed by atoms with E-state index in [1.54, 1.807) is 0 Å². The van der Waals surface area contributed by atoms with E-state index in [4.69, 9.17) is 4.74 Å². The van der Waals surface area contributed by atoms with E-state index in [0.717, 1.165) is 25.0 Å². The van der Waals surface area contributed by atoms with E-state index in [0.29, 0.717) is 6.10 Å². The summed E-state index contributed by atoms with van der Waals surface area (Å²) in [6.07, 6.45) is 12.9. The molecule has 0 bridgehead atoms. The van der Waals surface area contributed by atoms with E-state index in [2.05, 4.69) is 0 Å². The summed E-state index contributed by atoms with van der Waals surface area (Å²) in [6, 6.07) is 0. The molecule has 2 heteroatoms. The second-order valence-corrected chi connectivity index (χ2v) is 5.10. The van der Waals surface area contributed by atoms with Crippen LogP contribution in [0.3, 0.4) is 0 Å². The van der Waals surface area contributed by atoms with Crippen molar-refractivity contribution in [3.05, 3.63) is 0 Å². The third kappa shape index (κ3) is 3.30. The van der Waals surface area contributed by atoms with Crippen LogP contribution < -0.4 is 0 Å². The van der Waals surface area contributed by atoms with Gasteiger partial charge in [0.15, 0.2) is 0 Å². The fraction of sp³-hybridized carbons (Fsp3) is 0.923. The van der Waals surface area contributed by atoms with Crippen LogP contribution in [0.2, 0.25) is 0 Å². The molecule has 0 spiro atoms. The number of rotatable bonds is 3. The molecular weight excluding hydrogens is 188 g/mol. The standard InChI is InChI=1S/C13H22O2/c14-10-13-8-7-12(15-13)9-11-5-3-1-2-4-6-11/h10-13H,1-9H2. The zero-order chi connectivity index (χ0) is 10.5. The van der Waals surface area contributed by atoms with Gasteiger partial charge in [-0.2, -0.15) is 0 Å². The fourth-order valence-corrected chi connectivity index (χ4v) is 2.98. The number of carbonyl (C=O) groups excluding carboxylic acids is 1. The number of ether oxygens (including phenoxy) is 1. The smallest absolute Gasteiger partial charge is 0.148 e. The van der Waals surface area contributed by atoms with Gasteiger partial charge in [-0.3, -0.25) is 0 Å². The summed E-state index contributed by atoms with van der Waals surface area (Å²) < 4.78 is 5.69. The monoisotopic (exact) mass is 210 g/mol. The first-order valence-corrected chi connectivity index (χ1v) is 6.49. The lowest BCUT2D eigenvalue weighted by Gasteiger charge is -2.18. The molecule has 1 saturated carbocycles. The Morgan fingerprint density at radius 3 is 2.33 bits per heavy atom. The van der Waals surface area contributed by atoms with Gasteiger partial charge in [0.1, 0.15) is 12.4 Å². The number of hydrogen-bond donors (Lipinski definition) is 0. The minimum atomic E-state index is -0.0965. The first-order valence-electron chi connectivity index (χ1n) is 6.49. The fourth-order valence-electron chi connectivity index (χ4n) is 2.98. The molecule has 2 atom stereocenters. The molecule has 1 aliphatic heterocycles. The van der Waals surface area contributed by atoms with Crippen molar-refractivity contribution in [2.75, 3.05) is 0 Å². The number of aldehydes is 1. The van der Waals surface area contributed by atoms with Crippen molar-refractivity contribution in [3.8, 4) is 0 Å². The Balaban J connectivity index is 1.73. The van der Waals surface area contributed by atoms with Crippen molar-refractivity contribution in [2.24, 2.45) is 5.92 Å². The molecule has 1 aliphatic carbocycles. The SMILES string of the molecule is O=CC1CCC(CC2CCCCCC2)O1. The third-order valence-corrected chi connectivity index (χ3v) is 3.86. The molecule has 0 radical (unpaired) electrons. The quantitative estimate of drug-likeness (QED) is 0.528. The lowest BCUT2D eigenvalue weighted by atomic mass is 9.93. The van der Waals surface area contributed by atoms with Crippen LogP contribution in [0.5, 0.6) is 0 Å². The van der Waals surface area contributed by atoms with Gasteiger partial charge in [0.2, 0.25) is 0 Å². The molecule has 86 valence electrons. The van der Waals surface area contributed by atoms with Gasteiger partial charge in [0, 0.05) is 0 Å². The predicted octanol–water partition coefficient (Wildman–Crippen LogP) is 3.09. The summed E-state index contributed by atoms with van der Waals surface area (Å²) >= 11 is 0. The molecule has 15 heavy (non-hydrogen) atoms. The van der Waals surface area contributed by atoms with E-state index in [-0.39, 0.29) is 6.10 Å². The summed E-state index contributed by atoms with van der Waals surface area (Å²) in [5.41, 5.74) is 0. The topological polar surface area (TPSA) is 26.3 Å². The molecule has 2 unspecified atom stereocenters. The highest BCUT2D eigenvalue weighted by molar-refractivity contribution is 5.56. The molecular formula is C13H22O2. The summed E-state index contributed by atoms with van der Waals surface area (Å²) in [5, 5.41) is 0. The zero-order valence-corrected chi connectivity index (χ0v) is 9.49. The third-order valence-electron chi connectivity index (χ3n) is 3.86. The van der Waals surface area contributed by atoms with Crippen LogP contribution in [0.15, 0.2) is 0 Å². The molecule has 1 heterocycles. The lowest BCUT2D eigenvalue weighted by molar-refractivity contribution is -0.117. The maximum Gasteiger partial charge on any atom is 0.148 e. The normalized spacial score (nSPS) is 33.9. The summed E-state index contributed by atoms with van der Waals surface area (Å²) in [4.78, 5) is 10.6. The molecule has 1 saturated heterocycles. The van der Waals surface area contributed by atoms with Crippen LogP contribution >= 0.6 is 0 Å². The van der Waals surface area contributed by atoms with Crippen molar-refractivity contribution in [1.29, 1.82) is 0 Å². The Labute approximate surface area is 92.4 Å². The molecule has 0 aromatic rings. The maximum atomic E-state index is 10.6. The van der Waals surface area contributed by atoms with Crippen molar-refractivity contribution in [2.45, 2.75) is 70.0 Å². The molecule has 2 aliphatic rings. The van der Waals surface area contributed by atoms with E-state index >= 15 is 0 Å². The van der Waals surface area contributed by atoms with Gasteiger partial charge in [0.25, 0.3) is 0 Å². The number of carbonyl (C=O) groups is 1. The average molecular weight is 210 g/mol. The summed E-state index contributed by atoms with van der Waals surface area (Å²) in [5.74, 6) is 0.864. The first-order chi connectivity index (χ1) is 7.38. The Morgan fingerprint density at radius 2 is 1.73 bits per heavy atom. The van der Waals surface area contributed by atoms with Crippen molar-refractivity contribution in [1.82, 2.24) is 0 Å². The second kappa shape index (κ2) is 5.64. The van der Waals surface area contributed by atoms with E-state index < -0.39 is 0 Å². The van der Waals surface area contributed by atoms with Gasteiger partial charge in [-0.05, 0) is 25.2 Å². The molecule has 0 aromatic heterocycles. The van der Waals surface area contributed by atoms with Gasteiger partial charge < -0.3 is 9.53 Å². The van der Waals surface area contributed by atoms with Crippen LogP contribution in [0.25, 0.3) is 0 Å². The first kappa shape index (κ1) is 11.1. The van der Waals surface area contributed by atoms with Crippen LogP contribution in [-0.4, -0.2) is 18.5 Å². The highest BCUT2D eigenvalue weighted by atomic mass is 16.5. The number of hydrogen-bond acceptors (Lipinski definition) is 2. The van der Waals surface area contributed by atoms with Gasteiger partial charge in [-0.15, -0.1) is 0 Å². The predicted molar refractivity (Wildman–Crippen MR) is 59.8 cm³/mol. The Hall–Kier alpha value is -0.370. The Kier molecular flexibility index (Phi) is 4.18. The van der Waals surface area contributed by atoms with E-state index in [1.807, 2.05) is 0 Å².